The second-order valence-electron chi connectivity index (χ2n) is 5.25. The smallest absolute Gasteiger partial charge is 0.209 e. The molecule has 3 rings (SSSR count). The number of aliphatic imine (C=N–C) groups is 2. The van der Waals surface area contributed by atoms with Gasteiger partial charge in [-0.2, -0.15) is 0 Å². The quantitative estimate of drug-likeness (QED) is 0.561. The second-order valence-corrected chi connectivity index (χ2v) is 5.25. The lowest BCUT2D eigenvalue weighted by molar-refractivity contribution is -0.119. The average Bonchev–Trinajstić information content (AvgIpc) is 2.70. The highest BCUT2D eigenvalue weighted by atomic mass is 16.1. The van der Waals surface area contributed by atoms with E-state index in [0.29, 0.717) is 11.8 Å². The fourth-order valence-electron chi connectivity index (χ4n) is 3.35. The van der Waals surface area contributed by atoms with Gasteiger partial charge in [-0.05, 0) is 30.4 Å². The van der Waals surface area contributed by atoms with Crippen molar-refractivity contribution in [1.82, 2.24) is 4.90 Å². The summed E-state index contributed by atoms with van der Waals surface area (Å²) in [7, 11) is 0. The predicted molar refractivity (Wildman–Crippen MR) is 76.1 cm³/mol. The van der Waals surface area contributed by atoms with E-state index in [2.05, 4.69) is 28.9 Å². The zero-order chi connectivity index (χ0) is 13.2. The largest absolute Gasteiger partial charge is 0.344 e. The zero-order valence-electron chi connectivity index (χ0n) is 10.8. The van der Waals surface area contributed by atoms with Crippen LogP contribution >= 0.6 is 0 Å². The molecule has 2 bridgehead atoms. The highest BCUT2D eigenvalue weighted by Gasteiger charge is 2.40. The van der Waals surface area contributed by atoms with Crippen molar-refractivity contribution in [2.75, 3.05) is 13.1 Å². The third kappa shape index (κ3) is 2.18. The van der Waals surface area contributed by atoms with Crippen LogP contribution in [0.25, 0.3) is 0 Å². The molecule has 3 aliphatic rings. The first-order chi connectivity index (χ1) is 9.31. The molecule has 1 saturated heterocycles. The first-order valence-electron chi connectivity index (χ1n) is 6.60. The van der Waals surface area contributed by atoms with Crippen LogP contribution in [0.15, 0.2) is 45.7 Å². The lowest BCUT2D eigenvalue weighted by Crippen LogP contribution is -2.35. The molecule has 2 fully saturated rings. The Morgan fingerprint density at radius 1 is 1.26 bits per heavy atom. The summed E-state index contributed by atoms with van der Waals surface area (Å²) < 4.78 is 0. The Bertz CT molecular complexity index is 528. The van der Waals surface area contributed by atoms with Crippen LogP contribution in [-0.2, 0) is 4.79 Å². The van der Waals surface area contributed by atoms with Crippen LogP contribution in [0, 0.1) is 11.8 Å². The van der Waals surface area contributed by atoms with Crippen LogP contribution in [-0.4, -0.2) is 36.8 Å². The molecule has 1 amide bonds. The summed E-state index contributed by atoms with van der Waals surface area (Å²) in [5, 5.41) is 0. The van der Waals surface area contributed by atoms with Crippen LogP contribution in [0.1, 0.15) is 12.8 Å². The van der Waals surface area contributed by atoms with Crippen molar-refractivity contribution in [2.45, 2.75) is 12.8 Å². The number of fused-ring (bicyclic) bond motifs is 5. The maximum atomic E-state index is 11.0. The minimum Gasteiger partial charge on any atom is -0.344 e. The van der Waals surface area contributed by atoms with Crippen LogP contribution in [0.2, 0.25) is 0 Å². The number of likely N-dealkylation sites (tertiary alicyclic amines) is 1. The molecule has 1 heterocycles. The van der Waals surface area contributed by atoms with Gasteiger partial charge in [-0.25, -0.2) is 0 Å². The summed E-state index contributed by atoms with van der Waals surface area (Å²) >= 11 is 0. The molecule has 2 aliphatic carbocycles. The fourth-order valence-corrected chi connectivity index (χ4v) is 3.35. The van der Waals surface area contributed by atoms with E-state index in [4.69, 9.17) is 0 Å². The Morgan fingerprint density at radius 2 is 2.05 bits per heavy atom. The van der Waals surface area contributed by atoms with Gasteiger partial charge in [0.25, 0.3) is 0 Å². The van der Waals surface area contributed by atoms with Crippen LogP contribution in [0.3, 0.4) is 0 Å². The first-order valence-corrected chi connectivity index (χ1v) is 6.60. The maximum Gasteiger partial charge on any atom is 0.209 e. The molecule has 0 aromatic rings. The SMILES string of the molecule is C=N/C=C\N=C1\C=C2C(=CC1)C1CC2CN(C=O)C1. The number of carbonyl (C=O) groups is 1. The summed E-state index contributed by atoms with van der Waals surface area (Å²) in [5.41, 5.74) is 3.89. The third-order valence-corrected chi connectivity index (χ3v) is 4.11. The van der Waals surface area contributed by atoms with E-state index in [0.717, 1.165) is 31.6 Å². The molecule has 0 aromatic carbocycles. The van der Waals surface area contributed by atoms with Crippen molar-refractivity contribution < 1.29 is 4.79 Å². The van der Waals surface area contributed by atoms with Crippen molar-refractivity contribution in [3.8, 4) is 0 Å². The van der Waals surface area contributed by atoms with Crippen LogP contribution in [0.5, 0.6) is 0 Å². The molecule has 0 N–H and O–H groups in total. The van der Waals surface area contributed by atoms with E-state index in [1.165, 1.54) is 17.6 Å². The molecule has 0 spiro atoms. The standard InChI is InChI=1S/C15H17N3O/c1-16-4-5-17-13-2-3-14-11-6-12(15(14)7-13)9-18(8-11)10-19/h3-5,7,10-12H,1-2,6,8-9H2/b5-4-,17-13+. The highest BCUT2D eigenvalue weighted by molar-refractivity contribution is 5.99. The molecule has 2 unspecified atom stereocenters. The van der Waals surface area contributed by atoms with Crippen molar-refractivity contribution in [2.24, 2.45) is 21.8 Å². The van der Waals surface area contributed by atoms with Gasteiger partial charge >= 0.3 is 0 Å². The molecule has 0 aromatic heterocycles. The lowest BCUT2D eigenvalue weighted by atomic mass is 9.93. The van der Waals surface area contributed by atoms with E-state index >= 15 is 0 Å². The van der Waals surface area contributed by atoms with Gasteiger partial charge in [0.05, 0.1) is 0 Å². The lowest BCUT2D eigenvalue weighted by Gasteiger charge is -2.27. The summed E-state index contributed by atoms with van der Waals surface area (Å²) in [5.74, 6) is 1.02. The van der Waals surface area contributed by atoms with E-state index in [1.54, 1.807) is 12.4 Å². The molecule has 19 heavy (non-hydrogen) atoms. The zero-order valence-corrected chi connectivity index (χ0v) is 10.8. The topological polar surface area (TPSA) is 45.0 Å². The number of nitrogens with zero attached hydrogens (tertiary/aromatic N) is 3. The van der Waals surface area contributed by atoms with E-state index in [9.17, 15) is 4.79 Å². The number of hydrogen-bond acceptors (Lipinski definition) is 3. The number of allylic oxidation sites excluding steroid dienone is 2. The Kier molecular flexibility index (Phi) is 3.15. The minimum atomic E-state index is 0.488. The molecule has 4 nitrogen and oxygen atoms in total. The summed E-state index contributed by atoms with van der Waals surface area (Å²) in [6.07, 6.45) is 10.8. The monoisotopic (exact) mass is 255 g/mol. The van der Waals surface area contributed by atoms with Gasteiger partial charge in [-0.15, -0.1) is 0 Å². The van der Waals surface area contributed by atoms with E-state index in [-0.39, 0.29) is 0 Å². The fraction of sp³-hybridized carbons (Fsp3) is 0.400. The number of rotatable bonds is 3. The molecule has 1 saturated carbocycles. The molecule has 2 atom stereocenters. The first kappa shape index (κ1) is 12.1. The van der Waals surface area contributed by atoms with Gasteiger partial charge in [-0.3, -0.25) is 14.8 Å². The van der Waals surface area contributed by atoms with Gasteiger partial charge < -0.3 is 4.90 Å². The van der Waals surface area contributed by atoms with Gasteiger partial charge in [0.2, 0.25) is 6.41 Å². The molecular formula is C15H17N3O. The van der Waals surface area contributed by atoms with Crippen molar-refractivity contribution >= 4 is 18.8 Å². The number of piperidine rings is 1. The number of hydrogen-bond donors (Lipinski definition) is 0. The van der Waals surface area contributed by atoms with Crippen LogP contribution < -0.4 is 0 Å². The van der Waals surface area contributed by atoms with Crippen molar-refractivity contribution in [1.29, 1.82) is 0 Å². The number of amides is 1. The Balaban J connectivity index is 1.86. The van der Waals surface area contributed by atoms with E-state index in [1.807, 2.05) is 4.90 Å². The summed E-state index contributed by atoms with van der Waals surface area (Å²) in [6, 6.07) is 0. The van der Waals surface area contributed by atoms with Gasteiger partial charge in [0, 0.05) is 49.5 Å². The minimum absolute atomic E-state index is 0.488. The maximum absolute atomic E-state index is 11.0. The predicted octanol–water partition coefficient (Wildman–Crippen LogP) is 1.96. The third-order valence-electron chi connectivity index (χ3n) is 4.11. The number of carbonyl (C=O) groups excluding carboxylic acids is 1. The normalized spacial score (nSPS) is 31.2. The molecule has 98 valence electrons. The summed E-state index contributed by atoms with van der Waals surface area (Å²) in [4.78, 5) is 20.9. The van der Waals surface area contributed by atoms with Crippen LogP contribution in [0.4, 0.5) is 0 Å². The highest BCUT2D eigenvalue weighted by Crippen LogP contribution is 2.46. The second kappa shape index (κ2) is 4.96. The Labute approximate surface area is 112 Å². The van der Waals surface area contributed by atoms with E-state index < -0.39 is 0 Å². The Hall–Kier alpha value is -1.97. The Morgan fingerprint density at radius 3 is 2.79 bits per heavy atom. The molecule has 0 radical (unpaired) electrons. The van der Waals surface area contributed by atoms with Gasteiger partial charge in [0.1, 0.15) is 0 Å². The van der Waals surface area contributed by atoms with Crippen molar-refractivity contribution in [3.05, 3.63) is 35.7 Å². The summed E-state index contributed by atoms with van der Waals surface area (Å²) in [6.45, 7) is 5.10. The van der Waals surface area contributed by atoms with Gasteiger partial charge in [-0.1, -0.05) is 6.08 Å². The molecule has 4 heteroatoms. The van der Waals surface area contributed by atoms with Gasteiger partial charge in [0.15, 0.2) is 0 Å². The molecular weight excluding hydrogens is 238 g/mol. The average molecular weight is 255 g/mol. The molecule has 1 aliphatic heterocycles. The van der Waals surface area contributed by atoms with Crippen molar-refractivity contribution in [3.63, 3.8) is 0 Å².